The number of para-hydroxylation sites is 1. The Bertz CT molecular complexity index is 506. The number of rotatable bonds is 2. The van der Waals surface area contributed by atoms with Crippen LogP contribution in [0.25, 0.3) is 11.3 Å². The molecule has 0 saturated carbocycles. The highest BCUT2D eigenvalue weighted by Gasteiger charge is 2.05. The smallest absolute Gasteiger partial charge is 0.126 e. The van der Waals surface area contributed by atoms with Crippen molar-refractivity contribution in [1.29, 1.82) is 0 Å². The summed E-state index contributed by atoms with van der Waals surface area (Å²) in [5.41, 5.74) is 9.80. The first-order chi connectivity index (χ1) is 7.72. The maximum absolute atomic E-state index is 6.05. The molecule has 82 valence electrons. The van der Waals surface area contributed by atoms with E-state index in [0.717, 1.165) is 28.3 Å². The molecule has 3 nitrogen and oxygen atoms in total. The van der Waals surface area contributed by atoms with Gasteiger partial charge in [-0.2, -0.15) is 0 Å². The van der Waals surface area contributed by atoms with Gasteiger partial charge in [-0.3, -0.25) is 0 Å². The van der Waals surface area contributed by atoms with Gasteiger partial charge in [-0.05, 0) is 24.6 Å². The fourth-order valence-corrected chi connectivity index (χ4v) is 1.63. The summed E-state index contributed by atoms with van der Waals surface area (Å²) in [6.07, 6.45) is 0. The molecule has 1 aromatic heterocycles. The molecule has 0 amide bonds. The number of aromatic nitrogens is 1. The van der Waals surface area contributed by atoms with E-state index in [-0.39, 0.29) is 0 Å². The minimum atomic E-state index is 0.795. The summed E-state index contributed by atoms with van der Waals surface area (Å²) in [6, 6.07) is 11.8. The lowest BCUT2D eigenvalue weighted by molar-refractivity contribution is 1.28. The maximum Gasteiger partial charge on any atom is 0.126 e. The molecule has 1 heterocycles. The van der Waals surface area contributed by atoms with Crippen LogP contribution >= 0.6 is 0 Å². The summed E-state index contributed by atoms with van der Waals surface area (Å²) in [7, 11) is 1.85. The molecule has 2 rings (SSSR count). The monoisotopic (exact) mass is 213 g/mol. The van der Waals surface area contributed by atoms with Crippen LogP contribution in [-0.2, 0) is 0 Å². The fourth-order valence-electron chi connectivity index (χ4n) is 1.63. The van der Waals surface area contributed by atoms with Gasteiger partial charge < -0.3 is 11.1 Å². The van der Waals surface area contributed by atoms with Gasteiger partial charge in [0.2, 0.25) is 0 Å². The van der Waals surface area contributed by atoms with Crippen LogP contribution in [0.4, 0.5) is 11.5 Å². The molecule has 3 N–H and O–H groups in total. The normalized spacial score (nSPS) is 10.1. The Morgan fingerprint density at radius 1 is 1.12 bits per heavy atom. The molecule has 0 radical (unpaired) electrons. The first-order valence-corrected chi connectivity index (χ1v) is 5.22. The van der Waals surface area contributed by atoms with Crippen LogP contribution in [0.3, 0.4) is 0 Å². The standard InChI is InChI=1S/C13H15N3/c1-9-5-3-6-10(13(9)14)11-7-4-8-12(15-2)16-11/h3-8H,14H2,1-2H3,(H,15,16). The third-order valence-corrected chi connectivity index (χ3v) is 2.61. The second-order valence-electron chi connectivity index (χ2n) is 3.69. The van der Waals surface area contributed by atoms with E-state index >= 15 is 0 Å². The average molecular weight is 213 g/mol. The van der Waals surface area contributed by atoms with Gasteiger partial charge in [-0.1, -0.05) is 24.3 Å². The maximum atomic E-state index is 6.05. The Morgan fingerprint density at radius 2 is 1.88 bits per heavy atom. The second-order valence-corrected chi connectivity index (χ2v) is 3.69. The van der Waals surface area contributed by atoms with Crippen molar-refractivity contribution in [2.75, 3.05) is 18.1 Å². The highest BCUT2D eigenvalue weighted by molar-refractivity contribution is 5.76. The molecule has 0 fully saturated rings. The van der Waals surface area contributed by atoms with E-state index in [1.807, 2.05) is 50.4 Å². The lowest BCUT2D eigenvalue weighted by Crippen LogP contribution is -1.97. The lowest BCUT2D eigenvalue weighted by Gasteiger charge is -2.08. The van der Waals surface area contributed by atoms with Gasteiger partial charge in [0.05, 0.1) is 5.69 Å². The van der Waals surface area contributed by atoms with Crippen LogP contribution in [0.2, 0.25) is 0 Å². The van der Waals surface area contributed by atoms with Gasteiger partial charge in [0.1, 0.15) is 5.82 Å². The number of nitrogens with two attached hydrogens (primary N) is 1. The Morgan fingerprint density at radius 3 is 2.62 bits per heavy atom. The average Bonchev–Trinajstić information content (AvgIpc) is 2.33. The quantitative estimate of drug-likeness (QED) is 0.754. The summed E-state index contributed by atoms with van der Waals surface area (Å²) >= 11 is 0. The van der Waals surface area contributed by atoms with Gasteiger partial charge in [0.25, 0.3) is 0 Å². The molecule has 1 aromatic carbocycles. The molecular formula is C13H15N3. The predicted molar refractivity (Wildman–Crippen MR) is 68.4 cm³/mol. The van der Waals surface area contributed by atoms with E-state index in [9.17, 15) is 0 Å². The molecule has 0 spiro atoms. The Labute approximate surface area is 95.3 Å². The molecule has 3 heteroatoms. The van der Waals surface area contributed by atoms with Crippen LogP contribution in [-0.4, -0.2) is 12.0 Å². The summed E-state index contributed by atoms with van der Waals surface area (Å²) in [5, 5.41) is 3.02. The number of aryl methyl sites for hydroxylation is 1. The number of nitrogens with one attached hydrogen (secondary N) is 1. The summed E-state index contributed by atoms with van der Waals surface area (Å²) in [6.45, 7) is 2.00. The van der Waals surface area contributed by atoms with E-state index in [0.29, 0.717) is 0 Å². The van der Waals surface area contributed by atoms with Gasteiger partial charge >= 0.3 is 0 Å². The minimum absolute atomic E-state index is 0.795. The minimum Gasteiger partial charge on any atom is -0.398 e. The van der Waals surface area contributed by atoms with Crippen molar-refractivity contribution >= 4 is 11.5 Å². The molecule has 2 aromatic rings. The fraction of sp³-hybridized carbons (Fsp3) is 0.154. The van der Waals surface area contributed by atoms with Crippen LogP contribution in [0.1, 0.15) is 5.56 Å². The number of nitrogen functional groups attached to an aromatic ring is 1. The molecule has 0 aliphatic carbocycles. The van der Waals surface area contributed by atoms with E-state index < -0.39 is 0 Å². The first kappa shape index (κ1) is 10.5. The van der Waals surface area contributed by atoms with E-state index in [1.54, 1.807) is 0 Å². The number of nitrogens with zero attached hydrogens (tertiary/aromatic N) is 1. The Hall–Kier alpha value is -2.03. The van der Waals surface area contributed by atoms with Crippen molar-refractivity contribution < 1.29 is 0 Å². The molecular weight excluding hydrogens is 198 g/mol. The third kappa shape index (κ3) is 1.84. The molecule has 0 unspecified atom stereocenters. The molecule has 16 heavy (non-hydrogen) atoms. The van der Waals surface area contributed by atoms with Gasteiger partial charge in [-0.15, -0.1) is 0 Å². The van der Waals surface area contributed by atoms with Crippen LogP contribution < -0.4 is 11.1 Å². The molecule has 0 aliphatic rings. The highest BCUT2D eigenvalue weighted by Crippen LogP contribution is 2.27. The van der Waals surface area contributed by atoms with Gasteiger partial charge in [-0.25, -0.2) is 4.98 Å². The molecule has 0 aliphatic heterocycles. The number of hydrogen-bond acceptors (Lipinski definition) is 3. The van der Waals surface area contributed by atoms with E-state index in [2.05, 4.69) is 10.3 Å². The summed E-state index contributed by atoms with van der Waals surface area (Å²) < 4.78 is 0. The van der Waals surface area contributed by atoms with Crippen LogP contribution in [0, 0.1) is 6.92 Å². The number of hydrogen-bond donors (Lipinski definition) is 2. The first-order valence-electron chi connectivity index (χ1n) is 5.22. The summed E-state index contributed by atoms with van der Waals surface area (Å²) in [4.78, 5) is 4.47. The van der Waals surface area contributed by atoms with E-state index in [4.69, 9.17) is 5.73 Å². The van der Waals surface area contributed by atoms with Crippen molar-refractivity contribution in [1.82, 2.24) is 4.98 Å². The molecule has 0 atom stereocenters. The Kier molecular flexibility index (Phi) is 2.77. The topological polar surface area (TPSA) is 50.9 Å². The van der Waals surface area contributed by atoms with Crippen molar-refractivity contribution in [3.05, 3.63) is 42.0 Å². The molecule has 0 bridgehead atoms. The Balaban J connectivity index is 2.54. The van der Waals surface area contributed by atoms with Crippen LogP contribution in [0.5, 0.6) is 0 Å². The number of pyridine rings is 1. The third-order valence-electron chi connectivity index (χ3n) is 2.61. The second kappa shape index (κ2) is 4.23. The van der Waals surface area contributed by atoms with Crippen molar-refractivity contribution in [3.63, 3.8) is 0 Å². The van der Waals surface area contributed by atoms with Gasteiger partial charge in [0.15, 0.2) is 0 Å². The zero-order valence-electron chi connectivity index (χ0n) is 9.49. The molecule has 0 saturated heterocycles. The van der Waals surface area contributed by atoms with Gasteiger partial charge in [0, 0.05) is 18.3 Å². The largest absolute Gasteiger partial charge is 0.398 e. The van der Waals surface area contributed by atoms with Crippen molar-refractivity contribution in [2.24, 2.45) is 0 Å². The summed E-state index contributed by atoms with van der Waals surface area (Å²) in [5.74, 6) is 0.846. The van der Waals surface area contributed by atoms with E-state index in [1.165, 1.54) is 0 Å². The zero-order valence-corrected chi connectivity index (χ0v) is 9.49. The van der Waals surface area contributed by atoms with Crippen molar-refractivity contribution in [3.8, 4) is 11.3 Å². The SMILES string of the molecule is CNc1cccc(-c2cccc(C)c2N)n1. The lowest BCUT2D eigenvalue weighted by atomic mass is 10.1. The predicted octanol–water partition coefficient (Wildman–Crippen LogP) is 2.68. The highest BCUT2D eigenvalue weighted by atomic mass is 15.0. The van der Waals surface area contributed by atoms with Crippen molar-refractivity contribution in [2.45, 2.75) is 6.92 Å². The van der Waals surface area contributed by atoms with Crippen LogP contribution in [0.15, 0.2) is 36.4 Å². The zero-order chi connectivity index (χ0) is 11.5. The number of anilines is 2. The number of benzene rings is 1.